The zero-order chi connectivity index (χ0) is 16.3. The fourth-order valence-corrected chi connectivity index (χ4v) is 3.16. The molecule has 0 aliphatic carbocycles. The molecule has 0 bridgehead atoms. The van der Waals surface area contributed by atoms with Crippen molar-refractivity contribution >= 4 is 21.6 Å². The summed E-state index contributed by atoms with van der Waals surface area (Å²) in [6.07, 6.45) is 1.17. The summed E-state index contributed by atoms with van der Waals surface area (Å²) in [5.41, 5.74) is 1.44. The molecular weight excluding hydrogens is 309 g/mol. The van der Waals surface area contributed by atoms with Crippen LogP contribution in [0.4, 0.5) is 10.1 Å². The number of aryl methyl sites for hydroxylation is 1. The lowest BCUT2D eigenvalue weighted by Crippen LogP contribution is -2.51. The molecule has 6 nitrogen and oxygen atoms in total. The van der Waals surface area contributed by atoms with Crippen molar-refractivity contribution in [2.45, 2.75) is 6.92 Å². The minimum Gasteiger partial charge on any atom is -0.376 e. The topological polar surface area (TPSA) is 69.7 Å². The van der Waals surface area contributed by atoms with Gasteiger partial charge in [0.2, 0.25) is 15.9 Å². The molecule has 0 unspecified atom stereocenters. The van der Waals surface area contributed by atoms with E-state index < -0.39 is 10.0 Å². The highest BCUT2D eigenvalue weighted by Crippen LogP contribution is 2.16. The molecule has 1 amide bonds. The Morgan fingerprint density at radius 1 is 1.27 bits per heavy atom. The molecule has 8 heteroatoms. The van der Waals surface area contributed by atoms with Crippen LogP contribution in [-0.4, -0.2) is 62.5 Å². The summed E-state index contributed by atoms with van der Waals surface area (Å²) in [4.78, 5) is 13.7. The lowest BCUT2D eigenvalue weighted by molar-refractivity contribution is -0.130. The number of benzene rings is 1. The third kappa shape index (κ3) is 4.17. The smallest absolute Gasteiger partial charge is 0.241 e. The molecule has 0 radical (unpaired) electrons. The van der Waals surface area contributed by atoms with Crippen LogP contribution in [0.1, 0.15) is 5.56 Å². The Morgan fingerprint density at radius 3 is 2.50 bits per heavy atom. The van der Waals surface area contributed by atoms with Gasteiger partial charge >= 0.3 is 0 Å². The van der Waals surface area contributed by atoms with E-state index in [1.165, 1.54) is 22.7 Å². The molecule has 1 aromatic rings. The fraction of sp³-hybridized carbons (Fsp3) is 0.500. The van der Waals surface area contributed by atoms with Gasteiger partial charge in [0.1, 0.15) is 5.82 Å². The highest BCUT2D eigenvalue weighted by molar-refractivity contribution is 7.88. The SMILES string of the molecule is Cc1ccc(F)cc1NCC(=O)N1CCN(S(C)(=O)=O)CC1. The first-order valence-electron chi connectivity index (χ1n) is 7.00. The van der Waals surface area contributed by atoms with Crippen LogP contribution in [0.2, 0.25) is 0 Å². The van der Waals surface area contributed by atoms with E-state index in [1.54, 1.807) is 11.0 Å². The Bertz CT molecular complexity index is 655. The molecule has 0 spiro atoms. The minimum atomic E-state index is -3.20. The second-order valence-corrected chi connectivity index (χ2v) is 7.34. The maximum absolute atomic E-state index is 13.2. The number of carbonyl (C=O) groups is 1. The van der Waals surface area contributed by atoms with Gasteiger partial charge < -0.3 is 10.2 Å². The van der Waals surface area contributed by atoms with Gasteiger partial charge in [0.25, 0.3) is 0 Å². The fourth-order valence-electron chi connectivity index (χ4n) is 2.34. The van der Waals surface area contributed by atoms with Crippen LogP contribution in [-0.2, 0) is 14.8 Å². The number of sulfonamides is 1. The van der Waals surface area contributed by atoms with Crippen molar-refractivity contribution in [2.75, 3.05) is 44.3 Å². The maximum Gasteiger partial charge on any atom is 0.241 e. The number of nitrogens with zero attached hydrogens (tertiary/aromatic N) is 2. The number of rotatable bonds is 4. The van der Waals surface area contributed by atoms with Gasteiger partial charge in [0.05, 0.1) is 12.8 Å². The van der Waals surface area contributed by atoms with Gasteiger partial charge in [-0.25, -0.2) is 12.8 Å². The van der Waals surface area contributed by atoms with Gasteiger partial charge in [-0.05, 0) is 24.6 Å². The van der Waals surface area contributed by atoms with E-state index in [0.29, 0.717) is 31.9 Å². The van der Waals surface area contributed by atoms with E-state index in [2.05, 4.69) is 5.32 Å². The Balaban J connectivity index is 1.87. The molecule has 2 rings (SSSR count). The standard InChI is InChI=1S/C14H20FN3O3S/c1-11-3-4-12(15)9-13(11)16-10-14(19)17-5-7-18(8-6-17)22(2,20)21/h3-4,9,16H,5-8,10H2,1-2H3. The molecule has 1 aromatic carbocycles. The number of amides is 1. The number of anilines is 1. The van der Waals surface area contributed by atoms with Crippen LogP contribution in [0, 0.1) is 12.7 Å². The molecule has 1 fully saturated rings. The monoisotopic (exact) mass is 329 g/mol. The zero-order valence-electron chi connectivity index (χ0n) is 12.7. The van der Waals surface area contributed by atoms with Crippen LogP contribution in [0.3, 0.4) is 0 Å². The normalized spacial score (nSPS) is 16.6. The average molecular weight is 329 g/mol. The van der Waals surface area contributed by atoms with E-state index in [4.69, 9.17) is 0 Å². The predicted octanol–water partition coefficient (Wildman–Crippen LogP) is 0.650. The van der Waals surface area contributed by atoms with Gasteiger partial charge in [-0.15, -0.1) is 0 Å². The van der Waals surface area contributed by atoms with Gasteiger partial charge in [0.15, 0.2) is 0 Å². The van der Waals surface area contributed by atoms with Crippen LogP contribution < -0.4 is 5.32 Å². The summed E-state index contributed by atoms with van der Waals surface area (Å²) in [6.45, 7) is 3.25. The number of nitrogens with one attached hydrogen (secondary N) is 1. The predicted molar refractivity (Wildman–Crippen MR) is 82.6 cm³/mol. The van der Waals surface area contributed by atoms with Gasteiger partial charge in [-0.2, -0.15) is 4.31 Å². The lowest BCUT2D eigenvalue weighted by atomic mass is 10.2. The van der Waals surface area contributed by atoms with E-state index in [1.807, 2.05) is 6.92 Å². The van der Waals surface area contributed by atoms with Gasteiger partial charge in [0, 0.05) is 31.9 Å². The van der Waals surface area contributed by atoms with Gasteiger partial charge in [-0.1, -0.05) is 6.07 Å². The Hall–Kier alpha value is -1.67. The van der Waals surface area contributed by atoms with Crippen molar-refractivity contribution < 1.29 is 17.6 Å². The maximum atomic E-state index is 13.2. The second kappa shape index (κ2) is 6.62. The van der Waals surface area contributed by atoms with Crippen LogP contribution in [0.15, 0.2) is 18.2 Å². The third-order valence-corrected chi connectivity index (χ3v) is 4.99. The van der Waals surface area contributed by atoms with Crippen molar-refractivity contribution in [1.82, 2.24) is 9.21 Å². The van der Waals surface area contributed by atoms with Crippen LogP contribution in [0.25, 0.3) is 0 Å². The first-order chi connectivity index (χ1) is 10.3. The summed E-state index contributed by atoms with van der Waals surface area (Å²) >= 11 is 0. The van der Waals surface area contributed by atoms with Crippen LogP contribution in [0.5, 0.6) is 0 Å². The average Bonchev–Trinajstić information content (AvgIpc) is 2.47. The molecule has 1 N–H and O–H groups in total. The molecule has 22 heavy (non-hydrogen) atoms. The summed E-state index contributed by atoms with van der Waals surface area (Å²) in [7, 11) is -3.20. The van der Waals surface area contributed by atoms with E-state index >= 15 is 0 Å². The molecule has 0 aromatic heterocycles. The summed E-state index contributed by atoms with van der Waals surface area (Å²) < 4.78 is 37.4. The Labute approximate surface area is 130 Å². The summed E-state index contributed by atoms with van der Waals surface area (Å²) in [5.74, 6) is -0.487. The highest BCUT2D eigenvalue weighted by atomic mass is 32.2. The molecule has 1 saturated heterocycles. The number of carbonyl (C=O) groups excluding carboxylic acids is 1. The highest BCUT2D eigenvalue weighted by Gasteiger charge is 2.25. The molecule has 122 valence electrons. The summed E-state index contributed by atoms with van der Waals surface area (Å²) in [5, 5.41) is 2.93. The van der Waals surface area contributed by atoms with E-state index in [9.17, 15) is 17.6 Å². The molecule has 1 aliphatic heterocycles. The van der Waals surface area contributed by atoms with E-state index in [-0.39, 0.29) is 18.3 Å². The first kappa shape index (κ1) is 16.7. The summed E-state index contributed by atoms with van der Waals surface area (Å²) in [6, 6.07) is 4.37. The van der Waals surface area contributed by atoms with Crippen molar-refractivity contribution in [1.29, 1.82) is 0 Å². The number of hydrogen-bond acceptors (Lipinski definition) is 4. The lowest BCUT2D eigenvalue weighted by Gasteiger charge is -2.33. The zero-order valence-corrected chi connectivity index (χ0v) is 13.5. The van der Waals surface area contributed by atoms with Gasteiger partial charge in [-0.3, -0.25) is 4.79 Å². The van der Waals surface area contributed by atoms with E-state index in [0.717, 1.165) is 5.56 Å². The van der Waals surface area contributed by atoms with Crippen molar-refractivity contribution in [2.24, 2.45) is 0 Å². The largest absolute Gasteiger partial charge is 0.376 e. The number of piperazine rings is 1. The Kier molecular flexibility index (Phi) is 5.02. The third-order valence-electron chi connectivity index (χ3n) is 3.69. The van der Waals surface area contributed by atoms with Crippen molar-refractivity contribution in [3.8, 4) is 0 Å². The second-order valence-electron chi connectivity index (χ2n) is 5.36. The van der Waals surface area contributed by atoms with Crippen LogP contribution >= 0.6 is 0 Å². The molecule has 0 atom stereocenters. The number of hydrogen-bond donors (Lipinski definition) is 1. The number of halogens is 1. The molecule has 0 saturated carbocycles. The molecular formula is C14H20FN3O3S. The van der Waals surface area contributed by atoms with Crippen molar-refractivity contribution in [3.05, 3.63) is 29.6 Å². The minimum absolute atomic E-state index is 0.0587. The molecule has 1 aliphatic rings. The molecule has 1 heterocycles. The first-order valence-corrected chi connectivity index (χ1v) is 8.85. The Morgan fingerprint density at radius 2 is 1.91 bits per heavy atom. The quantitative estimate of drug-likeness (QED) is 0.881. The van der Waals surface area contributed by atoms with Crippen molar-refractivity contribution in [3.63, 3.8) is 0 Å².